The predicted molar refractivity (Wildman–Crippen MR) is 72.0 cm³/mol. The number of hydrogen-bond acceptors (Lipinski definition) is 3. The van der Waals surface area contributed by atoms with Crippen molar-refractivity contribution < 1.29 is 9.37 Å². The number of nitrogens with one attached hydrogen (secondary N) is 2. The average molecular weight is 253 g/mol. The fourth-order valence-corrected chi connectivity index (χ4v) is 2.54. The molecule has 2 N–H and O–H groups in total. The summed E-state index contributed by atoms with van der Waals surface area (Å²) in [4.78, 5) is 14.1. The maximum absolute atomic E-state index is 11.7. The molecule has 2 rings (SSSR count). The Morgan fingerprint density at radius 1 is 1.61 bits per heavy atom. The molecular weight excluding hydrogens is 228 g/mol. The number of likely N-dealkylation sites (N-methyl/N-ethyl adjacent to an activating group) is 1. The molecule has 0 bridgehead atoms. The van der Waals surface area contributed by atoms with E-state index in [4.69, 9.17) is 0 Å². The molecule has 0 aliphatic carbocycles. The lowest BCUT2D eigenvalue weighted by Gasteiger charge is -2.10. The topological polar surface area (TPSA) is 47.4 Å². The molecule has 2 aliphatic rings. The van der Waals surface area contributed by atoms with Gasteiger partial charge in [-0.05, 0) is 26.3 Å². The van der Waals surface area contributed by atoms with Crippen LogP contribution in [0.25, 0.3) is 0 Å². The normalized spacial score (nSPS) is 23.3. The van der Waals surface area contributed by atoms with Crippen molar-refractivity contribution in [2.24, 2.45) is 0 Å². The van der Waals surface area contributed by atoms with Crippen LogP contribution in [0.1, 0.15) is 26.2 Å². The van der Waals surface area contributed by atoms with Crippen molar-refractivity contribution in [3.8, 4) is 0 Å². The standard InChI is InChI=1S/C13H24N4O/c1-2-16-9-10-17(11-16)8-4-7-15-13(18)12-5-3-6-14-12/h11-12,14H,2-10H2,1H3/p+1/t12-/m0/s1. The zero-order valence-electron chi connectivity index (χ0n) is 11.3. The molecule has 2 heterocycles. The minimum atomic E-state index is 0.0546. The molecule has 1 atom stereocenters. The van der Waals surface area contributed by atoms with E-state index in [-0.39, 0.29) is 11.9 Å². The Bertz CT molecular complexity index is 310. The van der Waals surface area contributed by atoms with Gasteiger partial charge in [0.15, 0.2) is 0 Å². The summed E-state index contributed by atoms with van der Waals surface area (Å²) >= 11 is 0. The van der Waals surface area contributed by atoms with Crippen molar-refractivity contribution in [1.29, 1.82) is 0 Å². The molecule has 1 amide bonds. The molecule has 0 aromatic carbocycles. The smallest absolute Gasteiger partial charge is 0.237 e. The first-order valence-electron chi connectivity index (χ1n) is 7.14. The van der Waals surface area contributed by atoms with Crippen LogP contribution in [0, 0.1) is 0 Å². The van der Waals surface area contributed by atoms with Crippen molar-refractivity contribution in [3.05, 3.63) is 0 Å². The Labute approximate surface area is 109 Å². The zero-order chi connectivity index (χ0) is 12.8. The van der Waals surface area contributed by atoms with Gasteiger partial charge in [0.2, 0.25) is 12.2 Å². The van der Waals surface area contributed by atoms with Crippen LogP contribution in [0.4, 0.5) is 0 Å². The summed E-state index contributed by atoms with van der Waals surface area (Å²) in [6.07, 6.45) is 5.33. The van der Waals surface area contributed by atoms with Gasteiger partial charge in [0.1, 0.15) is 13.1 Å². The predicted octanol–water partition coefficient (Wildman–Crippen LogP) is -0.379. The second-order valence-corrected chi connectivity index (χ2v) is 5.07. The minimum Gasteiger partial charge on any atom is -0.355 e. The molecule has 5 heteroatoms. The lowest BCUT2D eigenvalue weighted by atomic mass is 10.2. The Balaban J connectivity index is 1.57. The number of carbonyl (C=O) groups is 1. The largest absolute Gasteiger partial charge is 0.355 e. The first kappa shape index (κ1) is 13.3. The van der Waals surface area contributed by atoms with Crippen LogP contribution in [-0.2, 0) is 4.79 Å². The third kappa shape index (κ3) is 3.70. The highest BCUT2D eigenvalue weighted by Crippen LogP contribution is 2.04. The highest BCUT2D eigenvalue weighted by molar-refractivity contribution is 5.81. The summed E-state index contributed by atoms with van der Waals surface area (Å²) in [7, 11) is 0. The summed E-state index contributed by atoms with van der Waals surface area (Å²) in [5, 5.41) is 6.23. The number of rotatable bonds is 6. The molecule has 2 aliphatic heterocycles. The molecule has 0 aromatic heterocycles. The third-order valence-electron chi connectivity index (χ3n) is 3.71. The summed E-state index contributed by atoms with van der Waals surface area (Å²) in [6.45, 7) is 8.31. The molecule has 0 radical (unpaired) electrons. The number of nitrogens with zero attached hydrogens (tertiary/aromatic N) is 2. The third-order valence-corrected chi connectivity index (χ3v) is 3.71. The van der Waals surface area contributed by atoms with E-state index >= 15 is 0 Å². The molecule has 5 nitrogen and oxygen atoms in total. The van der Waals surface area contributed by atoms with E-state index in [0.29, 0.717) is 0 Å². The Hall–Kier alpha value is -1.10. The second kappa shape index (κ2) is 6.73. The van der Waals surface area contributed by atoms with Gasteiger partial charge in [-0.3, -0.25) is 14.3 Å². The van der Waals surface area contributed by atoms with Crippen LogP contribution in [-0.4, -0.2) is 67.0 Å². The van der Waals surface area contributed by atoms with Crippen molar-refractivity contribution in [2.75, 3.05) is 39.3 Å². The van der Waals surface area contributed by atoms with Crippen molar-refractivity contribution in [1.82, 2.24) is 15.5 Å². The van der Waals surface area contributed by atoms with E-state index in [1.807, 2.05) is 0 Å². The highest BCUT2D eigenvalue weighted by Gasteiger charge is 2.21. The van der Waals surface area contributed by atoms with Crippen molar-refractivity contribution in [3.63, 3.8) is 0 Å². The number of carbonyl (C=O) groups excluding carboxylic acids is 1. The van der Waals surface area contributed by atoms with Crippen LogP contribution < -0.4 is 10.6 Å². The molecule has 0 spiro atoms. The van der Waals surface area contributed by atoms with Crippen molar-refractivity contribution >= 4 is 12.2 Å². The fourth-order valence-electron chi connectivity index (χ4n) is 2.54. The van der Waals surface area contributed by atoms with E-state index in [1.54, 1.807) is 0 Å². The highest BCUT2D eigenvalue weighted by atomic mass is 16.2. The van der Waals surface area contributed by atoms with Crippen LogP contribution in [0.5, 0.6) is 0 Å². The molecule has 1 fully saturated rings. The zero-order valence-corrected chi connectivity index (χ0v) is 11.3. The Morgan fingerprint density at radius 2 is 2.50 bits per heavy atom. The quantitative estimate of drug-likeness (QED) is 0.501. The Morgan fingerprint density at radius 3 is 3.17 bits per heavy atom. The lowest BCUT2D eigenvalue weighted by Crippen LogP contribution is -2.41. The molecule has 18 heavy (non-hydrogen) atoms. The van der Waals surface area contributed by atoms with E-state index in [0.717, 1.165) is 58.5 Å². The van der Waals surface area contributed by atoms with Crippen LogP contribution in [0.2, 0.25) is 0 Å². The molecule has 0 aromatic rings. The van der Waals surface area contributed by atoms with E-state index in [1.165, 1.54) is 0 Å². The first-order valence-corrected chi connectivity index (χ1v) is 7.14. The van der Waals surface area contributed by atoms with Crippen LogP contribution >= 0.6 is 0 Å². The first-order chi connectivity index (χ1) is 8.79. The molecular formula is C13H25N4O+. The summed E-state index contributed by atoms with van der Waals surface area (Å²) in [5.41, 5.74) is 0. The molecule has 0 unspecified atom stereocenters. The molecule has 1 saturated heterocycles. The van der Waals surface area contributed by atoms with Crippen LogP contribution in [0.15, 0.2) is 0 Å². The van der Waals surface area contributed by atoms with Crippen LogP contribution in [0.3, 0.4) is 0 Å². The summed E-state index contributed by atoms with van der Waals surface area (Å²) in [5.74, 6) is 0.174. The van der Waals surface area contributed by atoms with E-state index < -0.39 is 0 Å². The SMILES string of the molecule is CCN1C=[N+](CCCNC(=O)[C@@H]2CCCN2)CC1. The maximum atomic E-state index is 11.7. The van der Waals surface area contributed by atoms with Gasteiger partial charge in [-0.1, -0.05) is 0 Å². The minimum absolute atomic E-state index is 0.0546. The fraction of sp³-hybridized carbons (Fsp3) is 0.846. The van der Waals surface area contributed by atoms with Gasteiger partial charge in [-0.25, -0.2) is 0 Å². The van der Waals surface area contributed by atoms with Gasteiger partial charge in [0.05, 0.1) is 19.1 Å². The average Bonchev–Trinajstić information content (AvgIpc) is 3.05. The van der Waals surface area contributed by atoms with Gasteiger partial charge in [0.25, 0.3) is 0 Å². The van der Waals surface area contributed by atoms with Gasteiger partial charge in [-0.2, -0.15) is 0 Å². The van der Waals surface area contributed by atoms with E-state index in [9.17, 15) is 4.79 Å². The number of hydrogen-bond donors (Lipinski definition) is 2. The van der Waals surface area contributed by atoms with E-state index in [2.05, 4.69) is 33.4 Å². The van der Waals surface area contributed by atoms with Gasteiger partial charge in [0, 0.05) is 13.0 Å². The molecule has 102 valence electrons. The molecule has 0 saturated carbocycles. The Kier molecular flexibility index (Phi) is 4.99. The summed E-state index contributed by atoms with van der Waals surface area (Å²) < 4.78 is 2.34. The van der Waals surface area contributed by atoms with Gasteiger partial charge >= 0.3 is 0 Å². The lowest BCUT2D eigenvalue weighted by molar-refractivity contribution is -0.514. The summed E-state index contributed by atoms with van der Waals surface area (Å²) in [6, 6.07) is 0.0546. The van der Waals surface area contributed by atoms with Gasteiger partial charge in [-0.15, -0.1) is 0 Å². The van der Waals surface area contributed by atoms with Gasteiger partial charge < -0.3 is 10.6 Å². The maximum Gasteiger partial charge on any atom is 0.237 e. The van der Waals surface area contributed by atoms with Crippen molar-refractivity contribution in [2.45, 2.75) is 32.2 Å². The second-order valence-electron chi connectivity index (χ2n) is 5.07. The number of amides is 1. The monoisotopic (exact) mass is 253 g/mol.